The fraction of sp³-hybridized carbons (Fsp3) is 0.409. The normalized spacial score (nSPS) is 12.3. The maximum atomic E-state index is 12.6. The number of hydrogen-bond acceptors (Lipinski definition) is 3. The van der Waals surface area contributed by atoms with E-state index in [1.807, 2.05) is 62.4 Å². The van der Waals surface area contributed by atoms with E-state index >= 15 is 0 Å². The highest BCUT2D eigenvalue weighted by molar-refractivity contribution is 5.94. The van der Waals surface area contributed by atoms with Crippen LogP contribution < -0.4 is 14.8 Å². The molecule has 1 unspecified atom stereocenters. The van der Waals surface area contributed by atoms with Gasteiger partial charge in [-0.1, -0.05) is 45.9 Å². The highest BCUT2D eigenvalue weighted by Crippen LogP contribution is 2.25. The molecule has 0 aliphatic carbocycles. The first kappa shape index (κ1) is 19.8. The van der Waals surface area contributed by atoms with E-state index in [4.69, 9.17) is 9.47 Å². The van der Waals surface area contributed by atoms with Gasteiger partial charge in [-0.15, -0.1) is 0 Å². The summed E-state index contributed by atoms with van der Waals surface area (Å²) in [6, 6.07) is 15.3. The quantitative estimate of drug-likeness (QED) is 0.744. The van der Waals surface area contributed by atoms with E-state index in [0.29, 0.717) is 24.5 Å². The zero-order chi connectivity index (χ0) is 19.2. The number of anilines is 1. The van der Waals surface area contributed by atoms with Crippen molar-refractivity contribution in [3.63, 3.8) is 0 Å². The fourth-order valence-electron chi connectivity index (χ4n) is 2.57. The molecular formula is C22H29NO3. The third kappa shape index (κ3) is 5.51. The largest absolute Gasteiger partial charge is 0.494 e. The van der Waals surface area contributed by atoms with Crippen LogP contribution in [0, 0.1) is 0 Å². The lowest BCUT2D eigenvalue weighted by Gasteiger charge is -2.21. The number of carbonyl (C=O) groups excluding carboxylic acids is 1. The molecule has 140 valence electrons. The van der Waals surface area contributed by atoms with Crippen molar-refractivity contribution >= 4 is 11.6 Å². The van der Waals surface area contributed by atoms with Crippen molar-refractivity contribution in [1.82, 2.24) is 0 Å². The predicted octanol–water partition coefficient (Wildman–Crippen LogP) is 5.18. The number of benzene rings is 2. The molecule has 2 rings (SSSR count). The van der Waals surface area contributed by atoms with Gasteiger partial charge in [0.25, 0.3) is 5.91 Å². The molecule has 1 amide bonds. The highest BCUT2D eigenvalue weighted by Gasteiger charge is 2.19. The van der Waals surface area contributed by atoms with Gasteiger partial charge in [-0.3, -0.25) is 4.79 Å². The summed E-state index contributed by atoms with van der Waals surface area (Å²) in [5, 5.41) is 2.90. The summed E-state index contributed by atoms with van der Waals surface area (Å²) >= 11 is 0. The average Bonchev–Trinajstić information content (AvgIpc) is 2.60. The Morgan fingerprint density at radius 1 is 1.04 bits per heavy atom. The van der Waals surface area contributed by atoms with Crippen molar-refractivity contribution in [1.29, 1.82) is 0 Å². The number of hydrogen-bond donors (Lipinski definition) is 1. The van der Waals surface area contributed by atoms with E-state index in [0.717, 1.165) is 5.75 Å². The minimum atomic E-state index is -0.550. The number of ether oxygens (including phenoxy) is 2. The van der Waals surface area contributed by atoms with Crippen LogP contribution in [0.15, 0.2) is 48.5 Å². The summed E-state index contributed by atoms with van der Waals surface area (Å²) in [7, 11) is 0. The van der Waals surface area contributed by atoms with Gasteiger partial charge in [0.2, 0.25) is 0 Å². The molecular weight excluding hydrogens is 326 g/mol. The lowest BCUT2D eigenvalue weighted by molar-refractivity contribution is -0.122. The van der Waals surface area contributed by atoms with Gasteiger partial charge in [0.1, 0.15) is 11.5 Å². The Bertz CT molecular complexity index is 717. The maximum Gasteiger partial charge on any atom is 0.265 e. The van der Waals surface area contributed by atoms with Crippen LogP contribution in [0.25, 0.3) is 0 Å². The summed E-state index contributed by atoms with van der Waals surface area (Å²) in [6.07, 6.45) is 0.0316. The van der Waals surface area contributed by atoms with Crippen molar-refractivity contribution in [2.75, 3.05) is 11.9 Å². The van der Waals surface area contributed by atoms with Crippen molar-refractivity contribution in [3.05, 3.63) is 54.1 Å². The molecule has 0 aliphatic rings. The lowest BCUT2D eigenvalue weighted by Crippen LogP contribution is -2.32. The van der Waals surface area contributed by atoms with Crippen LogP contribution in [0.5, 0.6) is 11.5 Å². The third-order valence-corrected chi connectivity index (χ3v) is 4.07. The molecule has 0 bridgehead atoms. The van der Waals surface area contributed by atoms with Crippen LogP contribution in [0.1, 0.15) is 46.6 Å². The number of carbonyl (C=O) groups is 1. The van der Waals surface area contributed by atoms with E-state index in [1.54, 1.807) is 0 Å². The molecule has 0 spiro atoms. The standard InChI is InChI=1S/C22H29NO3/c1-6-20(26-18-13-11-16(12-14-18)22(3,4)5)21(24)23-17-9-8-10-19(15-17)25-7-2/h8-15,20H,6-7H2,1-5H3,(H,23,24). The summed E-state index contributed by atoms with van der Waals surface area (Å²) < 4.78 is 11.4. The Labute approximate surface area is 156 Å². The Morgan fingerprint density at radius 2 is 1.73 bits per heavy atom. The molecule has 0 heterocycles. The molecule has 4 nitrogen and oxygen atoms in total. The van der Waals surface area contributed by atoms with Crippen LogP contribution in [0.3, 0.4) is 0 Å². The number of nitrogens with one attached hydrogen (secondary N) is 1. The molecule has 4 heteroatoms. The topological polar surface area (TPSA) is 47.6 Å². The first-order valence-electron chi connectivity index (χ1n) is 9.14. The maximum absolute atomic E-state index is 12.6. The molecule has 0 aliphatic heterocycles. The molecule has 26 heavy (non-hydrogen) atoms. The van der Waals surface area contributed by atoms with Gasteiger partial charge in [-0.05, 0) is 48.6 Å². The van der Waals surface area contributed by atoms with Crippen molar-refractivity contribution in [2.45, 2.75) is 52.6 Å². The third-order valence-electron chi connectivity index (χ3n) is 4.07. The van der Waals surface area contributed by atoms with Gasteiger partial charge in [-0.2, -0.15) is 0 Å². The van der Waals surface area contributed by atoms with E-state index in [-0.39, 0.29) is 11.3 Å². The van der Waals surface area contributed by atoms with Crippen LogP contribution in [0.2, 0.25) is 0 Å². The first-order chi connectivity index (χ1) is 12.3. The summed E-state index contributed by atoms with van der Waals surface area (Å²) in [4.78, 5) is 12.6. The number of amides is 1. The minimum absolute atomic E-state index is 0.0889. The molecule has 2 aromatic carbocycles. The monoisotopic (exact) mass is 355 g/mol. The van der Waals surface area contributed by atoms with E-state index < -0.39 is 6.10 Å². The van der Waals surface area contributed by atoms with Crippen LogP contribution in [-0.2, 0) is 10.2 Å². The smallest absolute Gasteiger partial charge is 0.265 e. The molecule has 1 atom stereocenters. The highest BCUT2D eigenvalue weighted by atomic mass is 16.5. The first-order valence-corrected chi connectivity index (χ1v) is 9.14. The van der Waals surface area contributed by atoms with Gasteiger partial charge >= 0.3 is 0 Å². The average molecular weight is 355 g/mol. The Morgan fingerprint density at radius 3 is 2.31 bits per heavy atom. The van der Waals surface area contributed by atoms with Gasteiger partial charge in [0.15, 0.2) is 6.10 Å². The van der Waals surface area contributed by atoms with Crippen molar-refractivity contribution < 1.29 is 14.3 Å². The molecule has 0 saturated carbocycles. The molecule has 0 aromatic heterocycles. The second-order valence-electron chi connectivity index (χ2n) is 7.24. The van der Waals surface area contributed by atoms with Crippen LogP contribution in [0.4, 0.5) is 5.69 Å². The second-order valence-corrected chi connectivity index (χ2v) is 7.24. The summed E-state index contributed by atoms with van der Waals surface area (Å²) in [5.41, 5.74) is 2.02. The van der Waals surface area contributed by atoms with Crippen LogP contribution >= 0.6 is 0 Å². The lowest BCUT2D eigenvalue weighted by atomic mass is 9.87. The van der Waals surface area contributed by atoms with Crippen molar-refractivity contribution in [3.8, 4) is 11.5 Å². The van der Waals surface area contributed by atoms with Gasteiger partial charge in [0, 0.05) is 11.8 Å². The second kappa shape index (κ2) is 8.75. The SMILES string of the molecule is CCOc1cccc(NC(=O)C(CC)Oc2ccc(C(C)(C)C)cc2)c1. The fourth-order valence-corrected chi connectivity index (χ4v) is 2.57. The summed E-state index contributed by atoms with van der Waals surface area (Å²) in [5.74, 6) is 1.26. The van der Waals surface area contributed by atoms with Crippen molar-refractivity contribution in [2.24, 2.45) is 0 Å². The van der Waals surface area contributed by atoms with E-state index in [2.05, 4.69) is 26.1 Å². The van der Waals surface area contributed by atoms with Gasteiger partial charge in [0.05, 0.1) is 6.61 Å². The Balaban J connectivity index is 2.03. The molecule has 1 N–H and O–H groups in total. The van der Waals surface area contributed by atoms with E-state index in [1.165, 1.54) is 5.56 Å². The molecule has 0 fully saturated rings. The van der Waals surface area contributed by atoms with Crippen LogP contribution in [-0.4, -0.2) is 18.6 Å². The summed E-state index contributed by atoms with van der Waals surface area (Å²) in [6.45, 7) is 11.0. The predicted molar refractivity (Wildman–Crippen MR) is 106 cm³/mol. The Kier molecular flexibility index (Phi) is 6.67. The molecule has 0 radical (unpaired) electrons. The molecule has 0 saturated heterocycles. The van der Waals surface area contributed by atoms with Gasteiger partial charge in [-0.25, -0.2) is 0 Å². The zero-order valence-corrected chi connectivity index (χ0v) is 16.3. The zero-order valence-electron chi connectivity index (χ0n) is 16.3. The molecule has 2 aromatic rings. The minimum Gasteiger partial charge on any atom is -0.494 e. The van der Waals surface area contributed by atoms with E-state index in [9.17, 15) is 4.79 Å². The number of rotatable bonds is 7. The van der Waals surface area contributed by atoms with Gasteiger partial charge < -0.3 is 14.8 Å². The Hall–Kier alpha value is -2.49.